The first kappa shape index (κ1) is 13.6. The Morgan fingerprint density at radius 2 is 2.00 bits per heavy atom. The van der Waals surface area contributed by atoms with E-state index in [1.165, 1.54) is 27.8 Å². The maximum Gasteiger partial charge on any atom is 0.0441 e. The summed E-state index contributed by atoms with van der Waals surface area (Å²) in [6.45, 7) is 7.95. The van der Waals surface area contributed by atoms with Crippen LogP contribution < -0.4 is 5.32 Å². The summed E-state index contributed by atoms with van der Waals surface area (Å²) >= 11 is 1.94. The number of fused-ring (bicyclic) bond motifs is 1. The number of thiophene rings is 1. The monoisotopic (exact) mass is 261 g/mol. The largest absolute Gasteiger partial charge is 0.309 e. The lowest BCUT2D eigenvalue weighted by molar-refractivity contribution is 0.382. The van der Waals surface area contributed by atoms with Crippen LogP contribution in [0.2, 0.25) is 0 Å². The van der Waals surface area contributed by atoms with Crippen LogP contribution in [0.1, 0.15) is 44.5 Å². The van der Waals surface area contributed by atoms with Crippen LogP contribution in [0, 0.1) is 5.92 Å². The third-order valence-electron chi connectivity index (χ3n) is 3.58. The van der Waals surface area contributed by atoms with Gasteiger partial charge in [-0.15, -0.1) is 11.3 Å². The zero-order valence-electron chi connectivity index (χ0n) is 11.6. The quantitative estimate of drug-likeness (QED) is 0.772. The van der Waals surface area contributed by atoms with E-state index in [1.807, 2.05) is 11.3 Å². The Kier molecular flexibility index (Phi) is 4.79. The molecule has 2 unspecified atom stereocenters. The molecule has 1 aromatic heterocycles. The maximum atomic E-state index is 3.71. The molecule has 0 amide bonds. The molecule has 0 fully saturated rings. The molecular formula is C16H23NS. The molecule has 0 aliphatic rings. The molecule has 2 heteroatoms. The highest BCUT2D eigenvalue weighted by atomic mass is 32.1. The Hall–Kier alpha value is -0.860. The number of nitrogens with one attached hydrogen (secondary N) is 1. The molecule has 18 heavy (non-hydrogen) atoms. The van der Waals surface area contributed by atoms with Gasteiger partial charge in [-0.1, -0.05) is 45.4 Å². The smallest absolute Gasteiger partial charge is 0.0441 e. The molecule has 0 aliphatic carbocycles. The van der Waals surface area contributed by atoms with E-state index < -0.39 is 0 Å². The average Bonchev–Trinajstić information content (AvgIpc) is 2.82. The molecule has 1 heterocycles. The van der Waals surface area contributed by atoms with Crippen molar-refractivity contribution in [1.82, 2.24) is 5.32 Å². The van der Waals surface area contributed by atoms with Crippen molar-refractivity contribution >= 4 is 21.4 Å². The van der Waals surface area contributed by atoms with E-state index in [0.29, 0.717) is 12.0 Å². The van der Waals surface area contributed by atoms with Crippen molar-refractivity contribution in [2.45, 2.75) is 39.7 Å². The molecule has 0 spiro atoms. The Bertz CT molecular complexity index is 456. The third-order valence-corrected chi connectivity index (χ3v) is 4.78. The highest BCUT2D eigenvalue weighted by Crippen LogP contribution is 2.34. The maximum absolute atomic E-state index is 3.71. The summed E-state index contributed by atoms with van der Waals surface area (Å²) < 4.78 is 1.40. The standard InChI is InChI=1S/C16H23NS/c1-4-10-17-16(12(3)5-2)15-11-13-8-6-7-9-14(13)18-15/h6-9,11-12,16-17H,4-5,10H2,1-3H3. The lowest BCUT2D eigenvalue weighted by Crippen LogP contribution is -2.26. The predicted octanol–water partition coefficient (Wildman–Crippen LogP) is 4.99. The first-order valence-corrected chi connectivity index (χ1v) is 7.79. The van der Waals surface area contributed by atoms with Gasteiger partial charge in [-0.05, 0) is 36.4 Å². The van der Waals surface area contributed by atoms with Gasteiger partial charge in [0.25, 0.3) is 0 Å². The van der Waals surface area contributed by atoms with Crippen molar-refractivity contribution in [3.63, 3.8) is 0 Å². The second kappa shape index (κ2) is 6.35. The van der Waals surface area contributed by atoms with Gasteiger partial charge in [0.2, 0.25) is 0 Å². The van der Waals surface area contributed by atoms with Crippen molar-refractivity contribution in [3.8, 4) is 0 Å². The minimum Gasteiger partial charge on any atom is -0.309 e. The molecule has 1 aromatic carbocycles. The molecule has 1 nitrogen and oxygen atoms in total. The summed E-state index contributed by atoms with van der Waals surface area (Å²) in [5.74, 6) is 0.685. The van der Waals surface area contributed by atoms with Crippen LogP contribution in [-0.4, -0.2) is 6.54 Å². The summed E-state index contributed by atoms with van der Waals surface area (Å²) in [6, 6.07) is 11.5. The lowest BCUT2D eigenvalue weighted by atomic mass is 9.97. The van der Waals surface area contributed by atoms with Crippen molar-refractivity contribution in [1.29, 1.82) is 0 Å². The van der Waals surface area contributed by atoms with Crippen LogP contribution in [-0.2, 0) is 0 Å². The summed E-state index contributed by atoms with van der Waals surface area (Å²) in [4.78, 5) is 1.49. The Morgan fingerprint density at radius 3 is 2.67 bits per heavy atom. The molecule has 2 atom stereocenters. The van der Waals surface area contributed by atoms with Gasteiger partial charge in [0.05, 0.1) is 0 Å². The Morgan fingerprint density at radius 1 is 1.22 bits per heavy atom. The highest BCUT2D eigenvalue weighted by Gasteiger charge is 2.19. The number of benzene rings is 1. The minimum absolute atomic E-state index is 0.507. The number of hydrogen-bond donors (Lipinski definition) is 1. The zero-order chi connectivity index (χ0) is 13.0. The molecule has 0 aliphatic heterocycles. The van der Waals surface area contributed by atoms with E-state index in [4.69, 9.17) is 0 Å². The van der Waals surface area contributed by atoms with Crippen LogP contribution in [0.15, 0.2) is 30.3 Å². The first-order chi connectivity index (χ1) is 8.76. The number of rotatable bonds is 6. The summed E-state index contributed by atoms with van der Waals surface area (Å²) in [7, 11) is 0. The van der Waals surface area contributed by atoms with Crippen molar-refractivity contribution < 1.29 is 0 Å². The second-order valence-electron chi connectivity index (χ2n) is 5.00. The highest BCUT2D eigenvalue weighted by molar-refractivity contribution is 7.19. The van der Waals surface area contributed by atoms with E-state index in [9.17, 15) is 0 Å². The molecule has 0 saturated heterocycles. The molecule has 0 saturated carbocycles. The second-order valence-corrected chi connectivity index (χ2v) is 6.12. The van der Waals surface area contributed by atoms with E-state index in [-0.39, 0.29) is 0 Å². The van der Waals surface area contributed by atoms with Crippen molar-refractivity contribution in [3.05, 3.63) is 35.2 Å². The van der Waals surface area contributed by atoms with Crippen molar-refractivity contribution in [2.24, 2.45) is 5.92 Å². The van der Waals surface area contributed by atoms with Crippen LogP contribution in [0.3, 0.4) is 0 Å². The molecule has 1 N–H and O–H groups in total. The van der Waals surface area contributed by atoms with Gasteiger partial charge in [-0.3, -0.25) is 0 Å². The fourth-order valence-electron chi connectivity index (χ4n) is 2.27. The van der Waals surface area contributed by atoms with Crippen molar-refractivity contribution in [2.75, 3.05) is 6.54 Å². The summed E-state index contributed by atoms with van der Waals surface area (Å²) in [5, 5.41) is 5.09. The lowest BCUT2D eigenvalue weighted by Gasteiger charge is -2.23. The molecular weight excluding hydrogens is 238 g/mol. The van der Waals surface area contributed by atoms with E-state index in [0.717, 1.165) is 6.54 Å². The Balaban J connectivity index is 2.28. The van der Waals surface area contributed by atoms with Crippen LogP contribution >= 0.6 is 11.3 Å². The molecule has 0 radical (unpaired) electrons. The van der Waals surface area contributed by atoms with Gasteiger partial charge < -0.3 is 5.32 Å². The fraction of sp³-hybridized carbons (Fsp3) is 0.500. The van der Waals surface area contributed by atoms with E-state index >= 15 is 0 Å². The topological polar surface area (TPSA) is 12.0 Å². The fourth-order valence-corrected chi connectivity index (χ4v) is 3.55. The summed E-state index contributed by atoms with van der Waals surface area (Å²) in [6.07, 6.45) is 2.41. The number of hydrogen-bond acceptors (Lipinski definition) is 2. The zero-order valence-corrected chi connectivity index (χ0v) is 12.4. The van der Waals surface area contributed by atoms with Gasteiger partial charge in [0.1, 0.15) is 0 Å². The van der Waals surface area contributed by atoms with E-state index in [1.54, 1.807) is 0 Å². The van der Waals surface area contributed by atoms with Crippen LogP contribution in [0.5, 0.6) is 0 Å². The predicted molar refractivity (Wildman–Crippen MR) is 82.3 cm³/mol. The van der Waals surface area contributed by atoms with E-state index in [2.05, 4.69) is 56.4 Å². The van der Waals surface area contributed by atoms with Gasteiger partial charge in [-0.2, -0.15) is 0 Å². The SMILES string of the molecule is CCCNC(c1cc2ccccc2s1)C(C)CC. The first-order valence-electron chi connectivity index (χ1n) is 6.98. The molecule has 2 aromatic rings. The van der Waals surface area contributed by atoms with Gasteiger partial charge >= 0.3 is 0 Å². The molecule has 2 rings (SSSR count). The van der Waals surface area contributed by atoms with Crippen LogP contribution in [0.25, 0.3) is 10.1 Å². The normalized spacial score (nSPS) is 14.8. The molecule has 98 valence electrons. The van der Waals surface area contributed by atoms with Gasteiger partial charge in [-0.25, -0.2) is 0 Å². The van der Waals surface area contributed by atoms with Crippen LogP contribution in [0.4, 0.5) is 0 Å². The average molecular weight is 261 g/mol. The van der Waals surface area contributed by atoms with Gasteiger partial charge in [0.15, 0.2) is 0 Å². The molecule has 0 bridgehead atoms. The Labute approximate surface area is 114 Å². The summed E-state index contributed by atoms with van der Waals surface area (Å²) in [5.41, 5.74) is 0. The van der Waals surface area contributed by atoms with Gasteiger partial charge in [0, 0.05) is 15.6 Å². The minimum atomic E-state index is 0.507. The third kappa shape index (κ3) is 2.93.